The second kappa shape index (κ2) is 4.71. The highest BCUT2D eigenvalue weighted by Crippen LogP contribution is 2.31. The summed E-state index contributed by atoms with van der Waals surface area (Å²) < 4.78 is 6.67. The molecule has 1 fully saturated rings. The van der Waals surface area contributed by atoms with E-state index in [1.807, 2.05) is 18.2 Å². The van der Waals surface area contributed by atoms with Gasteiger partial charge in [-0.15, -0.1) is 0 Å². The van der Waals surface area contributed by atoms with Gasteiger partial charge in [-0.1, -0.05) is 46.3 Å². The number of rotatable bonds is 1. The van der Waals surface area contributed by atoms with Gasteiger partial charge in [0.05, 0.1) is 0 Å². The largest absolute Gasteiger partial charge is 0.362 e. The van der Waals surface area contributed by atoms with Crippen LogP contribution in [0, 0.1) is 0 Å². The quantitative estimate of drug-likeness (QED) is 0.880. The molecule has 0 aromatic heterocycles. The van der Waals surface area contributed by atoms with Crippen LogP contribution in [0.15, 0.2) is 40.9 Å². The number of nitrogens with one attached hydrogen (secondary N) is 1. The van der Waals surface area contributed by atoms with Crippen molar-refractivity contribution in [3.8, 4) is 0 Å². The molecule has 0 spiro atoms. The fraction of sp³-hybridized carbons (Fsp3) is 0.214. The van der Waals surface area contributed by atoms with Gasteiger partial charge in [0.2, 0.25) is 5.91 Å². The van der Waals surface area contributed by atoms with E-state index in [1.165, 1.54) is 0 Å². The molecule has 1 atom stereocenters. The molecule has 1 N–H and O–H groups in total. The first-order chi connectivity index (χ1) is 8.75. The first-order valence-electron chi connectivity index (χ1n) is 5.81. The summed E-state index contributed by atoms with van der Waals surface area (Å²) in [6.07, 6.45) is -0.0688. The van der Waals surface area contributed by atoms with Gasteiger partial charge in [-0.05, 0) is 22.4 Å². The Morgan fingerprint density at radius 1 is 1.17 bits per heavy atom. The van der Waals surface area contributed by atoms with Crippen LogP contribution >= 0.6 is 15.9 Å². The van der Waals surface area contributed by atoms with Crippen molar-refractivity contribution >= 4 is 32.6 Å². The molecular formula is C14H12BrNO2. The Kier molecular flexibility index (Phi) is 3.06. The number of amides is 1. The molecule has 0 aliphatic carbocycles. The molecule has 1 aliphatic heterocycles. The maximum Gasteiger partial charge on any atom is 0.246 e. The highest BCUT2D eigenvalue weighted by Gasteiger charge is 2.21. The van der Waals surface area contributed by atoms with E-state index in [-0.39, 0.29) is 18.6 Å². The second-order valence-corrected chi connectivity index (χ2v) is 5.14. The van der Waals surface area contributed by atoms with Crippen LogP contribution in [0.25, 0.3) is 10.8 Å². The third-order valence-electron chi connectivity index (χ3n) is 3.15. The van der Waals surface area contributed by atoms with Crippen LogP contribution in [-0.2, 0) is 9.53 Å². The number of ether oxygens (including phenoxy) is 1. The number of fused-ring (bicyclic) bond motifs is 1. The molecule has 0 unspecified atom stereocenters. The highest BCUT2D eigenvalue weighted by atomic mass is 79.9. The Hall–Kier alpha value is -1.39. The van der Waals surface area contributed by atoms with E-state index >= 15 is 0 Å². The Morgan fingerprint density at radius 3 is 2.67 bits per heavy atom. The van der Waals surface area contributed by atoms with Crippen molar-refractivity contribution in [2.24, 2.45) is 0 Å². The number of carbonyl (C=O) groups excluding carboxylic acids is 1. The van der Waals surface area contributed by atoms with Gasteiger partial charge >= 0.3 is 0 Å². The molecule has 1 aliphatic rings. The van der Waals surface area contributed by atoms with E-state index in [0.29, 0.717) is 6.54 Å². The van der Waals surface area contributed by atoms with Crippen LogP contribution in [-0.4, -0.2) is 19.1 Å². The monoisotopic (exact) mass is 305 g/mol. The zero-order valence-electron chi connectivity index (χ0n) is 9.65. The first kappa shape index (κ1) is 11.7. The van der Waals surface area contributed by atoms with Crippen molar-refractivity contribution in [1.82, 2.24) is 5.32 Å². The number of benzene rings is 2. The van der Waals surface area contributed by atoms with Gasteiger partial charge in [-0.25, -0.2) is 0 Å². The summed E-state index contributed by atoms with van der Waals surface area (Å²) in [6, 6.07) is 12.3. The van der Waals surface area contributed by atoms with Gasteiger partial charge in [0, 0.05) is 11.0 Å². The Morgan fingerprint density at radius 2 is 1.94 bits per heavy atom. The van der Waals surface area contributed by atoms with E-state index in [0.717, 1.165) is 20.8 Å². The van der Waals surface area contributed by atoms with Crippen LogP contribution in [0.4, 0.5) is 0 Å². The SMILES string of the molecule is O=C1CO[C@H](c2ccc(Br)c3ccccc23)CN1. The number of carbonyl (C=O) groups is 1. The fourth-order valence-corrected chi connectivity index (χ4v) is 2.74. The summed E-state index contributed by atoms with van der Waals surface area (Å²) in [4.78, 5) is 11.1. The molecule has 4 heteroatoms. The van der Waals surface area contributed by atoms with Crippen molar-refractivity contribution in [2.75, 3.05) is 13.2 Å². The molecule has 0 radical (unpaired) electrons. The maximum atomic E-state index is 11.1. The Bertz CT molecular complexity index is 602. The zero-order valence-corrected chi connectivity index (χ0v) is 11.2. The van der Waals surface area contributed by atoms with E-state index in [1.54, 1.807) is 0 Å². The van der Waals surface area contributed by atoms with Crippen molar-refractivity contribution in [2.45, 2.75) is 6.10 Å². The molecule has 1 saturated heterocycles. The zero-order chi connectivity index (χ0) is 12.5. The van der Waals surface area contributed by atoms with Crippen molar-refractivity contribution < 1.29 is 9.53 Å². The van der Waals surface area contributed by atoms with Crippen molar-refractivity contribution in [3.63, 3.8) is 0 Å². The summed E-state index contributed by atoms with van der Waals surface area (Å²) in [7, 11) is 0. The summed E-state index contributed by atoms with van der Waals surface area (Å²) in [5, 5.41) is 5.16. The average molecular weight is 306 g/mol. The lowest BCUT2D eigenvalue weighted by atomic mass is 10.00. The predicted octanol–water partition coefficient (Wildman–Crippen LogP) is 2.79. The maximum absolute atomic E-state index is 11.1. The molecule has 92 valence electrons. The van der Waals surface area contributed by atoms with E-state index in [2.05, 4.69) is 39.4 Å². The molecule has 1 amide bonds. The lowest BCUT2D eigenvalue weighted by molar-refractivity contribution is -0.133. The lowest BCUT2D eigenvalue weighted by Crippen LogP contribution is -2.38. The standard InChI is InChI=1S/C14H12BrNO2/c15-12-6-5-11(9-3-1-2-4-10(9)12)13-7-16-14(17)8-18-13/h1-6,13H,7-8H2,(H,16,17)/t13-/m0/s1. The van der Waals surface area contributed by atoms with Gasteiger partial charge in [-0.2, -0.15) is 0 Å². The van der Waals surface area contributed by atoms with Crippen molar-refractivity contribution in [1.29, 1.82) is 0 Å². The van der Waals surface area contributed by atoms with Crippen LogP contribution in [0.2, 0.25) is 0 Å². The average Bonchev–Trinajstić information content (AvgIpc) is 2.41. The molecule has 3 rings (SSSR count). The topological polar surface area (TPSA) is 38.3 Å². The fourth-order valence-electron chi connectivity index (χ4n) is 2.26. The van der Waals surface area contributed by atoms with Gasteiger partial charge < -0.3 is 10.1 Å². The van der Waals surface area contributed by atoms with E-state index in [9.17, 15) is 4.79 Å². The Balaban J connectivity index is 2.07. The lowest BCUT2D eigenvalue weighted by Gasteiger charge is -2.24. The van der Waals surface area contributed by atoms with Crippen LogP contribution in [0.3, 0.4) is 0 Å². The van der Waals surface area contributed by atoms with E-state index in [4.69, 9.17) is 4.74 Å². The normalized spacial score (nSPS) is 19.8. The minimum absolute atomic E-state index is 0.0485. The summed E-state index contributed by atoms with van der Waals surface area (Å²) in [5.74, 6) is -0.0485. The highest BCUT2D eigenvalue weighted by molar-refractivity contribution is 9.10. The smallest absolute Gasteiger partial charge is 0.246 e. The van der Waals surface area contributed by atoms with Gasteiger partial charge in [-0.3, -0.25) is 4.79 Å². The minimum atomic E-state index is -0.0688. The second-order valence-electron chi connectivity index (χ2n) is 4.29. The summed E-state index contributed by atoms with van der Waals surface area (Å²) >= 11 is 3.55. The third kappa shape index (κ3) is 2.02. The molecule has 18 heavy (non-hydrogen) atoms. The predicted molar refractivity (Wildman–Crippen MR) is 73.4 cm³/mol. The van der Waals surface area contributed by atoms with Crippen LogP contribution in [0.5, 0.6) is 0 Å². The molecule has 2 aromatic rings. The number of hydrogen-bond acceptors (Lipinski definition) is 2. The Labute approximate surface area is 113 Å². The third-order valence-corrected chi connectivity index (χ3v) is 3.84. The number of morpholine rings is 1. The van der Waals surface area contributed by atoms with Crippen LogP contribution < -0.4 is 5.32 Å². The van der Waals surface area contributed by atoms with Gasteiger partial charge in [0.25, 0.3) is 0 Å². The minimum Gasteiger partial charge on any atom is -0.362 e. The molecule has 0 saturated carbocycles. The van der Waals surface area contributed by atoms with Gasteiger partial charge in [0.15, 0.2) is 0 Å². The van der Waals surface area contributed by atoms with Gasteiger partial charge in [0.1, 0.15) is 12.7 Å². The summed E-state index contributed by atoms with van der Waals surface area (Å²) in [5.41, 5.74) is 1.12. The first-order valence-corrected chi connectivity index (χ1v) is 6.60. The summed E-state index contributed by atoms with van der Waals surface area (Å²) in [6.45, 7) is 0.666. The number of hydrogen-bond donors (Lipinski definition) is 1. The molecule has 2 aromatic carbocycles. The molecule has 1 heterocycles. The molecule has 3 nitrogen and oxygen atoms in total. The van der Waals surface area contributed by atoms with E-state index < -0.39 is 0 Å². The molecule has 0 bridgehead atoms. The van der Waals surface area contributed by atoms with Crippen LogP contribution in [0.1, 0.15) is 11.7 Å². The molecular weight excluding hydrogens is 294 g/mol. The van der Waals surface area contributed by atoms with Crippen molar-refractivity contribution in [3.05, 3.63) is 46.4 Å². The number of halogens is 1.